The van der Waals surface area contributed by atoms with Gasteiger partial charge in [-0.3, -0.25) is 4.98 Å². The Morgan fingerprint density at radius 1 is 1.14 bits per heavy atom. The van der Waals surface area contributed by atoms with Crippen LogP contribution in [-0.2, 0) is 19.5 Å². The Balaban J connectivity index is 1.82. The number of aliphatic hydroxyl groups excluding tert-OH is 1. The van der Waals surface area contributed by atoms with Crippen molar-refractivity contribution in [2.45, 2.75) is 19.5 Å². The van der Waals surface area contributed by atoms with Crippen LogP contribution >= 0.6 is 0 Å². The van der Waals surface area contributed by atoms with E-state index in [9.17, 15) is 0 Å². The summed E-state index contributed by atoms with van der Waals surface area (Å²) in [4.78, 5) is 8.51. The van der Waals surface area contributed by atoms with Gasteiger partial charge in [0.25, 0.3) is 0 Å². The second-order valence-electron chi connectivity index (χ2n) is 4.36. The fourth-order valence-corrected chi connectivity index (χ4v) is 1.95. The Labute approximate surface area is 120 Å². The second kappa shape index (κ2) is 6.18. The molecule has 3 rings (SSSR count). The number of aryl methyl sites for hydroxylation is 2. The van der Waals surface area contributed by atoms with Crippen LogP contribution in [0.2, 0.25) is 0 Å². The number of rotatable bonds is 6. The number of aliphatic hydroxyl groups is 1. The van der Waals surface area contributed by atoms with Gasteiger partial charge >= 0.3 is 0 Å². The van der Waals surface area contributed by atoms with Crippen LogP contribution < -0.4 is 0 Å². The maximum Gasteiger partial charge on any atom is 0.181 e. The lowest BCUT2D eigenvalue weighted by molar-refractivity contribution is 0.266. The van der Waals surface area contributed by atoms with Crippen LogP contribution in [0.3, 0.4) is 0 Å². The van der Waals surface area contributed by atoms with Crippen molar-refractivity contribution in [2.75, 3.05) is 6.61 Å². The molecule has 0 amide bonds. The minimum atomic E-state index is 0.0109. The van der Waals surface area contributed by atoms with Gasteiger partial charge in [-0.25, -0.2) is 14.3 Å². The first-order valence-corrected chi connectivity index (χ1v) is 6.52. The molecule has 3 aromatic rings. The summed E-state index contributed by atoms with van der Waals surface area (Å²) in [7, 11) is 0. The highest BCUT2D eigenvalue weighted by atomic mass is 16.3. The van der Waals surface area contributed by atoms with Crippen molar-refractivity contribution in [3.8, 4) is 11.4 Å². The Bertz CT molecular complexity index is 679. The lowest BCUT2D eigenvalue weighted by atomic mass is 10.2. The van der Waals surface area contributed by atoms with Crippen molar-refractivity contribution >= 4 is 0 Å². The van der Waals surface area contributed by atoms with E-state index in [0.29, 0.717) is 25.3 Å². The molecule has 9 heteroatoms. The standard InChI is InChI=1S/C12H14N8O/c21-8-7-20-11(3-6-19-9-14-17-18-19)15-12(16-20)10-1-4-13-5-2-10/h1-2,4-5,9,21H,3,6-8H2. The summed E-state index contributed by atoms with van der Waals surface area (Å²) in [6.07, 6.45) is 5.57. The van der Waals surface area contributed by atoms with Crippen LogP contribution in [-0.4, -0.2) is 51.7 Å². The normalized spacial score (nSPS) is 10.9. The van der Waals surface area contributed by atoms with E-state index in [1.807, 2.05) is 12.1 Å². The largest absolute Gasteiger partial charge is 0.394 e. The fourth-order valence-electron chi connectivity index (χ4n) is 1.95. The zero-order valence-electron chi connectivity index (χ0n) is 11.2. The number of pyridine rings is 1. The Morgan fingerprint density at radius 3 is 2.71 bits per heavy atom. The first kappa shape index (κ1) is 13.3. The van der Waals surface area contributed by atoms with Crippen LogP contribution in [0.15, 0.2) is 30.9 Å². The molecule has 0 radical (unpaired) electrons. The van der Waals surface area contributed by atoms with Gasteiger partial charge in [-0.05, 0) is 22.6 Å². The quantitative estimate of drug-likeness (QED) is 0.654. The molecule has 108 valence electrons. The third-order valence-corrected chi connectivity index (χ3v) is 2.95. The first-order valence-electron chi connectivity index (χ1n) is 6.52. The second-order valence-corrected chi connectivity index (χ2v) is 4.36. The summed E-state index contributed by atoms with van der Waals surface area (Å²) in [5, 5.41) is 24.6. The third-order valence-electron chi connectivity index (χ3n) is 2.95. The average molecular weight is 286 g/mol. The van der Waals surface area contributed by atoms with E-state index in [0.717, 1.165) is 11.4 Å². The zero-order chi connectivity index (χ0) is 14.5. The van der Waals surface area contributed by atoms with Crippen molar-refractivity contribution in [2.24, 2.45) is 0 Å². The van der Waals surface area contributed by atoms with Crippen LogP contribution in [0.4, 0.5) is 0 Å². The van der Waals surface area contributed by atoms with Crippen LogP contribution in [0.25, 0.3) is 11.4 Å². The summed E-state index contributed by atoms with van der Waals surface area (Å²) in [5.74, 6) is 1.41. The SMILES string of the molecule is OCCn1nc(-c2ccncc2)nc1CCn1cnnn1. The van der Waals surface area contributed by atoms with Gasteiger partial charge in [-0.1, -0.05) is 0 Å². The number of hydrogen-bond acceptors (Lipinski definition) is 7. The summed E-state index contributed by atoms with van der Waals surface area (Å²) in [5.41, 5.74) is 0.894. The molecule has 1 N–H and O–H groups in total. The molecule has 3 heterocycles. The van der Waals surface area contributed by atoms with Crippen molar-refractivity contribution in [1.82, 2.24) is 40.0 Å². The van der Waals surface area contributed by atoms with Crippen LogP contribution in [0, 0.1) is 0 Å². The van der Waals surface area contributed by atoms with Crippen molar-refractivity contribution < 1.29 is 5.11 Å². The highest BCUT2D eigenvalue weighted by Gasteiger charge is 2.11. The molecule has 0 aliphatic heterocycles. The highest BCUT2D eigenvalue weighted by molar-refractivity contribution is 5.53. The van der Waals surface area contributed by atoms with E-state index in [2.05, 4.69) is 30.6 Å². The summed E-state index contributed by atoms with van der Waals surface area (Å²) >= 11 is 0. The predicted octanol–water partition coefficient (Wildman–Crippen LogP) is -0.438. The Kier molecular flexibility index (Phi) is 3.92. The van der Waals surface area contributed by atoms with Crippen molar-refractivity contribution in [3.63, 3.8) is 0 Å². The molecule has 0 bridgehead atoms. The molecular formula is C12H14N8O. The Morgan fingerprint density at radius 2 is 2.00 bits per heavy atom. The smallest absolute Gasteiger partial charge is 0.181 e. The monoisotopic (exact) mass is 286 g/mol. The minimum absolute atomic E-state index is 0.0109. The van der Waals surface area contributed by atoms with E-state index in [4.69, 9.17) is 5.11 Å². The van der Waals surface area contributed by atoms with E-state index in [-0.39, 0.29) is 6.61 Å². The molecule has 0 unspecified atom stereocenters. The predicted molar refractivity (Wildman–Crippen MR) is 71.9 cm³/mol. The van der Waals surface area contributed by atoms with Crippen LogP contribution in [0.1, 0.15) is 5.82 Å². The van der Waals surface area contributed by atoms with Crippen molar-refractivity contribution in [1.29, 1.82) is 0 Å². The molecule has 9 nitrogen and oxygen atoms in total. The van der Waals surface area contributed by atoms with Gasteiger partial charge in [0.05, 0.1) is 19.7 Å². The molecule has 0 aromatic carbocycles. The summed E-state index contributed by atoms with van der Waals surface area (Å²) < 4.78 is 3.34. The number of tetrazole rings is 1. The number of hydrogen-bond donors (Lipinski definition) is 1. The maximum absolute atomic E-state index is 9.14. The highest BCUT2D eigenvalue weighted by Crippen LogP contribution is 2.14. The molecule has 0 spiro atoms. The van der Waals surface area contributed by atoms with Gasteiger partial charge in [-0.15, -0.1) is 5.10 Å². The van der Waals surface area contributed by atoms with E-state index in [1.165, 1.54) is 0 Å². The average Bonchev–Trinajstić information content (AvgIpc) is 3.16. The van der Waals surface area contributed by atoms with Gasteiger partial charge in [-0.2, -0.15) is 5.10 Å². The number of nitrogens with zero attached hydrogens (tertiary/aromatic N) is 8. The lowest BCUT2D eigenvalue weighted by Gasteiger charge is -2.02. The minimum Gasteiger partial charge on any atom is -0.394 e. The zero-order valence-corrected chi connectivity index (χ0v) is 11.2. The van der Waals surface area contributed by atoms with Crippen molar-refractivity contribution in [3.05, 3.63) is 36.7 Å². The van der Waals surface area contributed by atoms with Crippen LogP contribution in [0.5, 0.6) is 0 Å². The molecule has 0 atom stereocenters. The van der Waals surface area contributed by atoms with Gasteiger partial charge in [0.15, 0.2) is 5.82 Å². The molecular weight excluding hydrogens is 272 g/mol. The molecule has 0 saturated heterocycles. The van der Waals surface area contributed by atoms with E-state index >= 15 is 0 Å². The van der Waals surface area contributed by atoms with Gasteiger partial charge in [0, 0.05) is 24.4 Å². The van der Waals surface area contributed by atoms with Gasteiger partial charge < -0.3 is 5.11 Å². The van der Waals surface area contributed by atoms with Gasteiger partial charge in [0.2, 0.25) is 0 Å². The first-order chi connectivity index (χ1) is 10.4. The molecule has 3 aromatic heterocycles. The maximum atomic E-state index is 9.14. The van der Waals surface area contributed by atoms with Gasteiger partial charge in [0.1, 0.15) is 12.2 Å². The van der Waals surface area contributed by atoms with E-state index < -0.39 is 0 Å². The molecule has 21 heavy (non-hydrogen) atoms. The molecule has 0 saturated carbocycles. The third kappa shape index (κ3) is 3.08. The number of aromatic nitrogens is 8. The molecule has 0 fully saturated rings. The topological polar surface area (TPSA) is 107 Å². The molecule has 0 aliphatic carbocycles. The summed E-state index contributed by atoms with van der Waals surface area (Å²) in [6.45, 7) is 1.02. The fraction of sp³-hybridized carbons (Fsp3) is 0.333. The van der Waals surface area contributed by atoms with E-state index in [1.54, 1.807) is 28.1 Å². The lowest BCUT2D eigenvalue weighted by Crippen LogP contribution is -2.11. The molecule has 0 aliphatic rings. The Hall–Kier alpha value is -2.68. The summed E-state index contributed by atoms with van der Waals surface area (Å²) in [6, 6.07) is 3.70.